The summed E-state index contributed by atoms with van der Waals surface area (Å²) in [7, 11) is 0. The Morgan fingerprint density at radius 1 is 1.10 bits per heavy atom. The van der Waals surface area contributed by atoms with Gasteiger partial charge in [0.05, 0.1) is 18.4 Å². The second kappa shape index (κ2) is 8.45. The number of hydrogen-bond acceptors (Lipinski definition) is 6. The summed E-state index contributed by atoms with van der Waals surface area (Å²) in [6, 6.07) is 16.4. The Hall–Kier alpha value is -2.68. The third kappa shape index (κ3) is 3.54. The van der Waals surface area contributed by atoms with Crippen LogP contribution in [0.25, 0.3) is 0 Å². The molecule has 0 aliphatic carbocycles. The van der Waals surface area contributed by atoms with E-state index in [0.717, 1.165) is 16.0 Å². The van der Waals surface area contributed by atoms with Gasteiger partial charge in [-0.2, -0.15) is 0 Å². The molecule has 0 bridgehead atoms. The van der Waals surface area contributed by atoms with Crippen molar-refractivity contribution in [1.29, 1.82) is 0 Å². The molecule has 0 spiro atoms. The average Bonchev–Trinajstić information content (AvgIpc) is 3.24. The highest BCUT2D eigenvalue weighted by molar-refractivity contribution is 7.99. The van der Waals surface area contributed by atoms with Gasteiger partial charge in [-0.3, -0.25) is 24.6 Å². The summed E-state index contributed by atoms with van der Waals surface area (Å²) in [5.74, 6) is -3.79. The number of thioether (sulfide) groups is 1. The Morgan fingerprint density at radius 2 is 1.77 bits per heavy atom. The maximum absolute atomic E-state index is 13.3. The highest BCUT2D eigenvalue weighted by atomic mass is 32.2. The van der Waals surface area contributed by atoms with E-state index in [-0.39, 0.29) is 12.5 Å². The molecule has 4 rings (SSSR count). The Morgan fingerprint density at radius 3 is 2.42 bits per heavy atom. The van der Waals surface area contributed by atoms with Crippen LogP contribution in [0.4, 0.5) is 0 Å². The highest BCUT2D eigenvalue weighted by Gasteiger charge is 2.68. The van der Waals surface area contributed by atoms with Gasteiger partial charge in [-0.05, 0) is 30.2 Å². The van der Waals surface area contributed by atoms with Crippen LogP contribution >= 0.6 is 11.8 Å². The molecule has 31 heavy (non-hydrogen) atoms. The lowest BCUT2D eigenvalue weighted by molar-refractivity contribution is -0.153. The molecule has 3 N–H and O–H groups in total. The van der Waals surface area contributed by atoms with Gasteiger partial charge in [0.25, 0.3) is 0 Å². The van der Waals surface area contributed by atoms with Crippen molar-refractivity contribution in [3.8, 4) is 0 Å². The number of carboxylic acid groups (broad SMARTS) is 1. The van der Waals surface area contributed by atoms with Crippen LogP contribution in [-0.2, 0) is 14.4 Å². The molecule has 2 aromatic carbocycles. The lowest BCUT2D eigenvalue weighted by Gasteiger charge is -2.29. The molecule has 162 valence electrons. The van der Waals surface area contributed by atoms with Crippen LogP contribution in [0.15, 0.2) is 59.5 Å². The van der Waals surface area contributed by atoms with E-state index in [0.29, 0.717) is 5.75 Å². The maximum atomic E-state index is 13.3. The Kier molecular flexibility index (Phi) is 5.88. The van der Waals surface area contributed by atoms with Crippen molar-refractivity contribution < 1.29 is 24.6 Å². The van der Waals surface area contributed by atoms with Gasteiger partial charge in [0, 0.05) is 23.2 Å². The van der Waals surface area contributed by atoms with E-state index in [1.807, 2.05) is 61.5 Å². The number of fused-ring (bicyclic) bond motifs is 1. The first kappa shape index (κ1) is 21.5. The Labute approximate surface area is 184 Å². The van der Waals surface area contributed by atoms with E-state index in [9.17, 15) is 24.6 Å². The van der Waals surface area contributed by atoms with Gasteiger partial charge in [-0.15, -0.1) is 11.8 Å². The van der Waals surface area contributed by atoms with E-state index in [1.54, 1.807) is 0 Å². The predicted octanol–water partition coefficient (Wildman–Crippen LogP) is 1.85. The number of aliphatic carboxylic acids is 1. The minimum atomic E-state index is -1.90. The molecule has 8 heteroatoms. The molecule has 4 unspecified atom stereocenters. The van der Waals surface area contributed by atoms with Crippen molar-refractivity contribution in [1.82, 2.24) is 10.2 Å². The fourth-order valence-electron chi connectivity index (χ4n) is 4.67. The number of imide groups is 1. The van der Waals surface area contributed by atoms with Gasteiger partial charge in [-0.1, -0.05) is 42.5 Å². The third-order valence-corrected chi connectivity index (χ3v) is 7.22. The van der Waals surface area contributed by atoms with Crippen LogP contribution in [0.2, 0.25) is 0 Å². The van der Waals surface area contributed by atoms with E-state index in [4.69, 9.17) is 0 Å². The van der Waals surface area contributed by atoms with Crippen molar-refractivity contribution in [2.45, 2.75) is 23.4 Å². The van der Waals surface area contributed by atoms with Crippen LogP contribution in [0.3, 0.4) is 0 Å². The number of nitrogens with one attached hydrogen (secondary N) is 1. The fraction of sp³-hybridized carbons (Fsp3) is 0.348. The van der Waals surface area contributed by atoms with Gasteiger partial charge >= 0.3 is 5.97 Å². The summed E-state index contributed by atoms with van der Waals surface area (Å²) >= 11 is 1.52. The van der Waals surface area contributed by atoms with Gasteiger partial charge in [0.2, 0.25) is 11.8 Å². The molecule has 2 aliphatic rings. The lowest BCUT2D eigenvalue weighted by atomic mass is 9.79. The molecule has 2 amide bonds. The number of aliphatic hydroxyl groups excluding tert-OH is 1. The first-order valence-electron chi connectivity index (χ1n) is 10.1. The molecule has 0 saturated carbocycles. The SMILES string of the molecule is Cc1ccccc1C1NC(CO)(C(=O)O)C2C(=O)N(CCSc3ccccc3)C(=O)C12. The highest BCUT2D eigenvalue weighted by Crippen LogP contribution is 2.49. The summed E-state index contributed by atoms with van der Waals surface area (Å²) in [6.07, 6.45) is 0. The summed E-state index contributed by atoms with van der Waals surface area (Å²) < 4.78 is 0. The van der Waals surface area contributed by atoms with Gasteiger partial charge < -0.3 is 10.2 Å². The molecular formula is C23H24N2O5S. The molecule has 2 heterocycles. The number of aryl methyl sites for hydroxylation is 1. The monoisotopic (exact) mass is 440 g/mol. The second-order valence-electron chi connectivity index (χ2n) is 7.91. The second-order valence-corrected chi connectivity index (χ2v) is 9.07. The molecule has 2 fully saturated rings. The van der Waals surface area contributed by atoms with Crippen molar-refractivity contribution in [3.63, 3.8) is 0 Å². The number of carbonyl (C=O) groups excluding carboxylic acids is 2. The van der Waals surface area contributed by atoms with Gasteiger partial charge in [0.15, 0.2) is 5.54 Å². The van der Waals surface area contributed by atoms with Crippen molar-refractivity contribution in [3.05, 3.63) is 65.7 Å². The molecule has 2 saturated heterocycles. The summed E-state index contributed by atoms with van der Waals surface area (Å²) in [5.41, 5.74) is -0.252. The number of nitrogens with zero attached hydrogens (tertiary/aromatic N) is 1. The Bertz CT molecular complexity index is 1010. The maximum Gasteiger partial charge on any atom is 0.327 e. The molecule has 4 atom stereocenters. The molecule has 7 nitrogen and oxygen atoms in total. The zero-order chi connectivity index (χ0) is 22.2. The van der Waals surface area contributed by atoms with Gasteiger partial charge in [0.1, 0.15) is 0 Å². The topological polar surface area (TPSA) is 107 Å². The molecule has 0 radical (unpaired) electrons. The zero-order valence-electron chi connectivity index (χ0n) is 17.0. The van der Waals surface area contributed by atoms with Crippen LogP contribution in [0.5, 0.6) is 0 Å². The predicted molar refractivity (Wildman–Crippen MR) is 115 cm³/mol. The van der Waals surface area contributed by atoms with E-state index in [2.05, 4.69) is 5.32 Å². The number of hydrogen-bond donors (Lipinski definition) is 3. The number of benzene rings is 2. The average molecular weight is 441 g/mol. The lowest BCUT2D eigenvalue weighted by Crippen LogP contribution is -2.58. The standard InChI is InChI=1S/C23H24N2O5S/c1-14-7-5-6-10-16(14)19-17-18(23(13-26,24-19)22(29)30)21(28)25(20(17)27)11-12-31-15-8-3-2-4-9-15/h2-10,17-19,24,26H,11-13H2,1H3,(H,29,30). The third-order valence-electron chi connectivity index (χ3n) is 6.23. The quantitative estimate of drug-likeness (QED) is 0.446. The largest absolute Gasteiger partial charge is 0.480 e. The first-order valence-corrected chi connectivity index (χ1v) is 11.1. The van der Waals surface area contributed by atoms with Crippen LogP contribution in [0, 0.1) is 18.8 Å². The first-order chi connectivity index (χ1) is 14.9. The van der Waals surface area contributed by atoms with Crippen molar-refractivity contribution in [2.75, 3.05) is 18.9 Å². The number of likely N-dealkylation sites (tertiary alicyclic amines) is 1. The minimum Gasteiger partial charge on any atom is -0.480 e. The van der Waals surface area contributed by atoms with E-state index < -0.39 is 41.9 Å². The Balaban J connectivity index is 1.64. The zero-order valence-corrected chi connectivity index (χ0v) is 17.8. The minimum absolute atomic E-state index is 0.186. The van der Waals surface area contributed by atoms with Crippen molar-refractivity contribution >= 4 is 29.5 Å². The number of rotatable bonds is 7. The normalized spacial score (nSPS) is 27.5. The van der Waals surface area contributed by atoms with Crippen LogP contribution < -0.4 is 5.32 Å². The van der Waals surface area contributed by atoms with Crippen LogP contribution in [-0.4, -0.2) is 57.3 Å². The number of amides is 2. The fourth-order valence-corrected chi connectivity index (χ4v) is 5.53. The van der Waals surface area contributed by atoms with E-state index >= 15 is 0 Å². The van der Waals surface area contributed by atoms with Crippen molar-refractivity contribution in [2.24, 2.45) is 11.8 Å². The summed E-state index contributed by atoms with van der Waals surface area (Å²) in [4.78, 5) is 41.0. The summed E-state index contributed by atoms with van der Waals surface area (Å²) in [5, 5.41) is 23.0. The number of aliphatic hydroxyl groups is 1. The summed E-state index contributed by atoms with van der Waals surface area (Å²) in [6.45, 7) is 1.28. The van der Waals surface area contributed by atoms with Gasteiger partial charge in [-0.25, -0.2) is 0 Å². The number of carbonyl (C=O) groups is 3. The molecule has 2 aromatic rings. The molecule has 0 aromatic heterocycles. The molecular weight excluding hydrogens is 416 g/mol. The smallest absolute Gasteiger partial charge is 0.327 e. The number of carboxylic acids is 1. The van der Waals surface area contributed by atoms with E-state index in [1.165, 1.54) is 16.7 Å². The van der Waals surface area contributed by atoms with Crippen LogP contribution in [0.1, 0.15) is 17.2 Å². The molecule has 2 aliphatic heterocycles.